The van der Waals surface area contributed by atoms with Crippen molar-refractivity contribution in [3.63, 3.8) is 0 Å². The number of amides is 2. The van der Waals surface area contributed by atoms with Gasteiger partial charge in [-0.3, -0.25) is 33.6 Å². The maximum absolute atomic E-state index is 12.3. The molecule has 248 valence electrons. The van der Waals surface area contributed by atoms with Crippen LogP contribution < -0.4 is 10.6 Å². The second-order valence-corrected chi connectivity index (χ2v) is 9.99. The van der Waals surface area contributed by atoms with Crippen molar-refractivity contribution >= 4 is 41.7 Å². The van der Waals surface area contributed by atoms with E-state index in [2.05, 4.69) is 10.6 Å². The summed E-state index contributed by atoms with van der Waals surface area (Å²) in [6.07, 6.45) is -12.1. The molecule has 0 radical (unpaired) electrons. The molecular formula is C26H38N2O16. The lowest BCUT2D eigenvalue weighted by Crippen LogP contribution is -2.70. The molecule has 0 saturated carbocycles. The van der Waals surface area contributed by atoms with Gasteiger partial charge in [-0.2, -0.15) is 0 Å². The summed E-state index contributed by atoms with van der Waals surface area (Å²) in [6, 6.07) is -2.88. The van der Waals surface area contributed by atoms with Gasteiger partial charge in [-0.1, -0.05) is 0 Å². The van der Waals surface area contributed by atoms with Crippen LogP contribution in [0.1, 0.15) is 48.5 Å². The Kier molecular flexibility index (Phi) is 13.4. The predicted octanol–water partition coefficient (Wildman–Crippen LogP) is -2.26. The van der Waals surface area contributed by atoms with E-state index in [1.54, 1.807) is 0 Å². The molecular weight excluding hydrogens is 596 g/mol. The van der Waals surface area contributed by atoms with E-state index >= 15 is 0 Å². The molecule has 0 unspecified atom stereocenters. The first-order valence-electron chi connectivity index (χ1n) is 13.5. The molecule has 2 saturated heterocycles. The highest BCUT2D eigenvalue weighted by molar-refractivity contribution is 5.74. The first-order chi connectivity index (χ1) is 20.5. The average Bonchev–Trinajstić information content (AvgIpc) is 2.87. The van der Waals surface area contributed by atoms with Crippen LogP contribution in [0.3, 0.4) is 0 Å². The van der Waals surface area contributed by atoms with Crippen LogP contribution in [-0.2, 0) is 71.5 Å². The fourth-order valence-corrected chi connectivity index (χ4v) is 4.70. The fraction of sp³-hybridized carbons (Fsp3) is 0.731. The van der Waals surface area contributed by atoms with Crippen molar-refractivity contribution in [2.24, 2.45) is 0 Å². The Morgan fingerprint density at radius 1 is 0.568 bits per heavy atom. The van der Waals surface area contributed by atoms with Gasteiger partial charge in [0.25, 0.3) is 0 Å². The van der Waals surface area contributed by atoms with Gasteiger partial charge >= 0.3 is 29.8 Å². The Morgan fingerprint density at radius 2 is 0.977 bits per heavy atom. The standard InChI is InChI=1S/C26H38N2O16/c1-10(29)27-19-23(21(39-14(5)33)17(42-25(19)36)8-37-12(3)31)44-26-20(28-11(2)30)24(41-16(7)35)22(40-15(6)34)18(43-26)9-38-13(4)32/h17-26,36H,8-9H2,1-7H3,(H,27,29)(H,28,30)/t17-,18-,19-,20-,21+,22-,23-,24-,25+,26+/m1/s1. The number of esters is 5. The number of carbonyl (C=O) groups excluding carboxylic acids is 7. The van der Waals surface area contributed by atoms with Gasteiger partial charge in [0.05, 0.1) is 0 Å². The molecule has 2 aliphatic heterocycles. The lowest BCUT2D eigenvalue weighted by molar-refractivity contribution is -0.326. The van der Waals surface area contributed by atoms with Crippen LogP contribution in [0.15, 0.2) is 0 Å². The highest BCUT2D eigenvalue weighted by Gasteiger charge is 2.55. The second-order valence-electron chi connectivity index (χ2n) is 9.99. The Morgan fingerprint density at radius 3 is 1.41 bits per heavy atom. The minimum atomic E-state index is -1.81. The van der Waals surface area contributed by atoms with Gasteiger partial charge < -0.3 is 53.6 Å². The van der Waals surface area contributed by atoms with Gasteiger partial charge in [0.15, 0.2) is 30.9 Å². The lowest BCUT2D eigenvalue weighted by atomic mass is 9.94. The molecule has 0 aromatic rings. The van der Waals surface area contributed by atoms with Crippen molar-refractivity contribution in [1.29, 1.82) is 0 Å². The molecule has 2 aliphatic rings. The molecule has 0 bridgehead atoms. The van der Waals surface area contributed by atoms with Gasteiger partial charge in [-0.25, -0.2) is 0 Å². The van der Waals surface area contributed by atoms with Gasteiger partial charge in [0.1, 0.15) is 43.6 Å². The number of ether oxygens (including phenoxy) is 8. The monoisotopic (exact) mass is 634 g/mol. The third-order valence-corrected chi connectivity index (χ3v) is 6.15. The zero-order chi connectivity index (χ0) is 33.3. The summed E-state index contributed by atoms with van der Waals surface area (Å²) in [5.41, 5.74) is 0. The molecule has 0 aromatic carbocycles. The smallest absolute Gasteiger partial charge is 0.303 e. The topological polar surface area (TPSA) is 238 Å². The first-order valence-corrected chi connectivity index (χ1v) is 13.5. The predicted molar refractivity (Wildman–Crippen MR) is 140 cm³/mol. The molecule has 0 aromatic heterocycles. The summed E-state index contributed by atoms with van der Waals surface area (Å²) in [5.74, 6) is -5.31. The molecule has 2 fully saturated rings. The van der Waals surface area contributed by atoms with Gasteiger partial charge in [0, 0.05) is 48.5 Å². The number of aliphatic hydroxyl groups excluding tert-OH is 1. The Bertz CT molecular complexity index is 1100. The summed E-state index contributed by atoms with van der Waals surface area (Å²) in [5, 5.41) is 15.8. The van der Waals surface area contributed by atoms with E-state index in [9.17, 15) is 38.7 Å². The van der Waals surface area contributed by atoms with Crippen molar-refractivity contribution in [2.45, 2.75) is 110 Å². The van der Waals surface area contributed by atoms with Crippen LogP contribution in [0.5, 0.6) is 0 Å². The van der Waals surface area contributed by atoms with Crippen LogP contribution >= 0.6 is 0 Å². The molecule has 44 heavy (non-hydrogen) atoms. The summed E-state index contributed by atoms with van der Waals surface area (Å²) in [4.78, 5) is 83.9. The largest absolute Gasteiger partial charge is 0.463 e. The van der Waals surface area contributed by atoms with Gasteiger partial charge in [-0.05, 0) is 0 Å². The van der Waals surface area contributed by atoms with Crippen molar-refractivity contribution < 1.29 is 76.6 Å². The summed E-state index contributed by atoms with van der Waals surface area (Å²) in [6.45, 7) is 6.60. The van der Waals surface area contributed by atoms with E-state index in [0.717, 1.165) is 48.5 Å². The van der Waals surface area contributed by atoms with Crippen LogP contribution in [0.4, 0.5) is 0 Å². The molecule has 0 aliphatic carbocycles. The maximum atomic E-state index is 12.3. The molecule has 3 N–H and O–H groups in total. The SMILES string of the molecule is CC(=O)N[C@@H]1[C@@H](O[C@@H]2O[C@H](COC(C)=O)[C@@H](OC(C)=O)[C@H](OC(C)=O)[C@H]2NC(C)=O)[C@@H](OC(C)=O)[C@@H](COC(C)=O)O[C@@H]1O. The molecule has 18 nitrogen and oxygen atoms in total. The Balaban J connectivity index is 2.66. The molecule has 2 rings (SSSR count). The third-order valence-electron chi connectivity index (χ3n) is 6.15. The lowest BCUT2D eigenvalue weighted by Gasteiger charge is -2.49. The highest BCUT2D eigenvalue weighted by atomic mass is 16.7. The average molecular weight is 635 g/mol. The number of hydrogen-bond acceptors (Lipinski definition) is 16. The molecule has 10 atom stereocenters. The quantitative estimate of drug-likeness (QED) is 0.161. The molecule has 0 spiro atoms. The minimum absolute atomic E-state index is 0.517. The van der Waals surface area contributed by atoms with Crippen molar-refractivity contribution in [2.75, 3.05) is 13.2 Å². The van der Waals surface area contributed by atoms with E-state index in [-0.39, 0.29) is 0 Å². The van der Waals surface area contributed by atoms with E-state index in [1.807, 2.05) is 0 Å². The van der Waals surface area contributed by atoms with E-state index in [4.69, 9.17) is 37.9 Å². The minimum Gasteiger partial charge on any atom is -0.463 e. The number of rotatable bonds is 11. The number of hydrogen-bond donors (Lipinski definition) is 3. The number of nitrogens with one attached hydrogen (secondary N) is 2. The van der Waals surface area contributed by atoms with E-state index < -0.39 is 116 Å². The van der Waals surface area contributed by atoms with Crippen LogP contribution in [0.2, 0.25) is 0 Å². The number of carbonyl (C=O) groups is 7. The molecule has 2 amide bonds. The summed E-state index contributed by atoms with van der Waals surface area (Å²) < 4.78 is 44.0. The van der Waals surface area contributed by atoms with Crippen LogP contribution in [0.25, 0.3) is 0 Å². The van der Waals surface area contributed by atoms with Crippen molar-refractivity contribution in [3.05, 3.63) is 0 Å². The van der Waals surface area contributed by atoms with Crippen LogP contribution in [-0.4, -0.2) is 121 Å². The molecule has 18 heteroatoms. The zero-order valence-corrected chi connectivity index (χ0v) is 25.3. The van der Waals surface area contributed by atoms with Gasteiger partial charge in [0.2, 0.25) is 11.8 Å². The maximum Gasteiger partial charge on any atom is 0.303 e. The van der Waals surface area contributed by atoms with E-state index in [1.165, 1.54) is 0 Å². The van der Waals surface area contributed by atoms with Crippen molar-refractivity contribution in [3.8, 4) is 0 Å². The zero-order valence-electron chi connectivity index (χ0n) is 25.3. The van der Waals surface area contributed by atoms with Crippen molar-refractivity contribution in [1.82, 2.24) is 10.6 Å². The highest BCUT2D eigenvalue weighted by Crippen LogP contribution is 2.33. The van der Waals surface area contributed by atoms with Crippen LogP contribution in [0, 0.1) is 0 Å². The van der Waals surface area contributed by atoms with E-state index in [0.29, 0.717) is 0 Å². The normalized spacial score (nSPS) is 31.5. The summed E-state index contributed by atoms with van der Waals surface area (Å²) >= 11 is 0. The third kappa shape index (κ3) is 10.7. The fourth-order valence-electron chi connectivity index (χ4n) is 4.70. The Hall–Kier alpha value is -3.87. The molecule has 2 heterocycles. The first kappa shape index (κ1) is 36.3. The second kappa shape index (κ2) is 16.3. The summed E-state index contributed by atoms with van der Waals surface area (Å²) in [7, 11) is 0. The van der Waals surface area contributed by atoms with Gasteiger partial charge in [-0.15, -0.1) is 0 Å². The number of aliphatic hydroxyl groups is 1. The Labute approximate surface area is 252 Å².